The third-order valence-corrected chi connectivity index (χ3v) is 5.41. The van der Waals surface area contributed by atoms with Crippen LogP contribution < -0.4 is 0 Å². The number of likely N-dealkylation sites (tertiary alicyclic amines) is 1. The van der Waals surface area contributed by atoms with Crippen LogP contribution in [0, 0.1) is 0 Å². The Morgan fingerprint density at radius 2 is 2.09 bits per heavy atom. The number of halogens is 2. The summed E-state index contributed by atoms with van der Waals surface area (Å²) in [4.78, 5) is 5.65. The molecule has 3 rings (SSSR count). The van der Waals surface area contributed by atoms with Crippen LogP contribution in [0.5, 0.6) is 0 Å². The highest BCUT2D eigenvalue weighted by Crippen LogP contribution is 2.31. The average molecular weight is 339 g/mol. The van der Waals surface area contributed by atoms with Crippen molar-refractivity contribution in [3.05, 3.63) is 40.5 Å². The Kier molecular flexibility index (Phi) is 5.96. The van der Waals surface area contributed by atoms with Crippen molar-refractivity contribution in [2.45, 2.75) is 45.2 Å². The van der Waals surface area contributed by atoms with E-state index in [-0.39, 0.29) is 0 Å². The standard InChI is InChI=1S/C10H7Cl2N.C8H17N/c1-2-6-5-7-9(13-6)4-3-8(11)10(7)12;1-4-8-6-5-7(2)9(8)3/h2-5,13H,1H2;7-8H,4-6H2,1-3H3. The Hall–Kier alpha value is -0.960. The van der Waals surface area contributed by atoms with Crippen LogP contribution >= 0.6 is 23.2 Å². The summed E-state index contributed by atoms with van der Waals surface area (Å²) >= 11 is 11.9. The third kappa shape index (κ3) is 3.68. The molecule has 1 aliphatic heterocycles. The van der Waals surface area contributed by atoms with Gasteiger partial charge in [0, 0.05) is 28.7 Å². The van der Waals surface area contributed by atoms with E-state index in [4.69, 9.17) is 23.2 Å². The molecule has 0 aliphatic carbocycles. The first-order chi connectivity index (χ1) is 10.5. The van der Waals surface area contributed by atoms with E-state index in [1.165, 1.54) is 19.3 Å². The normalized spacial score (nSPS) is 21.7. The van der Waals surface area contributed by atoms with Gasteiger partial charge in [0.1, 0.15) is 0 Å². The zero-order valence-electron chi connectivity index (χ0n) is 13.5. The van der Waals surface area contributed by atoms with Gasteiger partial charge in [0.2, 0.25) is 0 Å². The molecule has 1 aliphatic rings. The van der Waals surface area contributed by atoms with Crippen molar-refractivity contribution in [1.82, 2.24) is 9.88 Å². The molecule has 2 nitrogen and oxygen atoms in total. The maximum absolute atomic E-state index is 6.01. The molecule has 1 N–H and O–H groups in total. The van der Waals surface area contributed by atoms with Crippen molar-refractivity contribution < 1.29 is 0 Å². The molecule has 2 unspecified atom stereocenters. The van der Waals surface area contributed by atoms with Gasteiger partial charge in [-0.25, -0.2) is 0 Å². The van der Waals surface area contributed by atoms with Gasteiger partial charge in [-0.1, -0.05) is 36.7 Å². The number of benzene rings is 1. The minimum absolute atomic E-state index is 0.573. The number of hydrogen-bond acceptors (Lipinski definition) is 1. The number of aromatic amines is 1. The van der Waals surface area contributed by atoms with Gasteiger partial charge < -0.3 is 9.88 Å². The average Bonchev–Trinajstić information content (AvgIpc) is 3.08. The molecular formula is C18H24Cl2N2. The quantitative estimate of drug-likeness (QED) is 0.711. The van der Waals surface area contributed by atoms with Gasteiger partial charge in [0.25, 0.3) is 0 Å². The SMILES string of the molecule is C=Cc1cc2c(Cl)c(Cl)ccc2[nH]1.CCC1CCC(C)N1C. The number of aromatic nitrogens is 1. The Morgan fingerprint density at radius 1 is 1.36 bits per heavy atom. The van der Waals surface area contributed by atoms with Gasteiger partial charge in [0.05, 0.1) is 10.0 Å². The van der Waals surface area contributed by atoms with E-state index in [0.29, 0.717) is 10.0 Å². The van der Waals surface area contributed by atoms with E-state index in [9.17, 15) is 0 Å². The summed E-state index contributed by atoms with van der Waals surface area (Å²) in [6.07, 6.45) is 5.87. The number of nitrogens with one attached hydrogen (secondary N) is 1. The largest absolute Gasteiger partial charge is 0.355 e. The molecule has 4 heteroatoms. The van der Waals surface area contributed by atoms with Crippen LogP contribution in [0.3, 0.4) is 0 Å². The summed E-state index contributed by atoms with van der Waals surface area (Å²) < 4.78 is 0. The molecule has 0 saturated carbocycles. The van der Waals surface area contributed by atoms with E-state index in [0.717, 1.165) is 28.7 Å². The molecule has 1 saturated heterocycles. The number of rotatable bonds is 2. The lowest BCUT2D eigenvalue weighted by atomic mass is 10.2. The maximum Gasteiger partial charge on any atom is 0.0686 e. The van der Waals surface area contributed by atoms with Gasteiger partial charge in [-0.15, -0.1) is 0 Å². The summed E-state index contributed by atoms with van der Waals surface area (Å²) in [5.74, 6) is 0. The van der Waals surface area contributed by atoms with Gasteiger partial charge in [-0.2, -0.15) is 0 Å². The van der Waals surface area contributed by atoms with E-state index in [1.807, 2.05) is 12.1 Å². The van der Waals surface area contributed by atoms with E-state index >= 15 is 0 Å². The predicted octanol–water partition coefficient (Wildman–Crippen LogP) is 6.00. The summed E-state index contributed by atoms with van der Waals surface area (Å²) in [5.41, 5.74) is 1.92. The van der Waals surface area contributed by atoms with Crippen LogP contribution in [0.4, 0.5) is 0 Å². The van der Waals surface area contributed by atoms with E-state index in [1.54, 1.807) is 12.1 Å². The fourth-order valence-corrected chi connectivity index (χ4v) is 3.35. The minimum Gasteiger partial charge on any atom is -0.355 e. The van der Waals surface area contributed by atoms with E-state index in [2.05, 4.69) is 37.4 Å². The molecule has 0 bridgehead atoms. The predicted molar refractivity (Wildman–Crippen MR) is 98.9 cm³/mol. The number of fused-ring (bicyclic) bond motifs is 1. The highest BCUT2D eigenvalue weighted by Gasteiger charge is 2.24. The molecule has 22 heavy (non-hydrogen) atoms. The molecule has 0 spiro atoms. The molecule has 2 aromatic rings. The first-order valence-corrected chi connectivity index (χ1v) is 8.54. The summed E-state index contributed by atoms with van der Waals surface area (Å²) in [6, 6.07) is 7.30. The van der Waals surface area contributed by atoms with Crippen LogP contribution in [0.15, 0.2) is 24.8 Å². The second kappa shape index (κ2) is 7.54. The van der Waals surface area contributed by atoms with Crippen LogP contribution in [0.2, 0.25) is 10.0 Å². The van der Waals surface area contributed by atoms with Crippen molar-refractivity contribution in [2.24, 2.45) is 0 Å². The topological polar surface area (TPSA) is 19.0 Å². The van der Waals surface area contributed by atoms with Crippen LogP contribution in [0.1, 0.15) is 38.8 Å². The molecule has 0 amide bonds. The Balaban J connectivity index is 0.000000172. The molecule has 2 heterocycles. The summed E-state index contributed by atoms with van der Waals surface area (Å²) in [5, 5.41) is 2.09. The summed E-state index contributed by atoms with van der Waals surface area (Å²) in [7, 11) is 2.24. The number of H-pyrrole nitrogens is 1. The summed E-state index contributed by atoms with van der Waals surface area (Å²) in [6.45, 7) is 8.26. The lowest BCUT2D eigenvalue weighted by Gasteiger charge is -2.21. The molecule has 1 fully saturated rings. The third-order valence-electron chi connectivity index (χ3n) is 4.59. The fourth-order valence-electron chi connectivity index (χ4n) is 2.97. The van der Waals surface area contributed by atoms with Gasteiger partial charge >= 0.3 is 0 Å². The van der Waals surface area contributed by atoms with Gasteiger partial charge in [-0.3, -0.25) is 0 Å². The zero-order chi connectivity index (χ0) is 16.3. The highest BCUT2D eigenvalue weighted by atomic mass is 35.5. The van der Waals surface area contributed by atoms with E-state index < -0.39 is 0 Å². The smallest absolute Gasteiger partial charge is 0.0686 e. The highest BCUT2D eigenvalue weighted by molar-refractivity contribution is 6.45. The lowest BCUT2D eigenvalue weighted by Crippen LogP contribution is -2.29. The molecule has 1 aromatic carbocycles. The minimum atomic E-state index is 0.573. The van der Waals surface area contributed by atoms with Crippen LogP contribution in [-0.2, 0) is 0 Å². The second-order valence-corrected chi connectivity index (χ2v) is 6.69. The van der Waals surface area contributed by atoms with Crippen molar-refractivity contribution >= 4 is 40.2 Å². The Labute approximate surface area is 143 Å². The monoisotopic (exact) mass is 338 g/mol. The zero-order valence-corrected chi connectivity index (χ0v) is 15.0. The molecule has 120 valence electrons. The number of hydrogen-bond donors (Lipinski definition) is 1. The molecule has 2 atom stereocenters. The van der Waals surface area contributed by atoms with Crippen molar-refractivity contribution in [2.75, 3.05) is 7.05 Å². The number of nitrogens with zero attached hydrogens (tertiary/aromatic N) is 1. The fraction of sp³-hybridized carbons (Fsp3) is 0.444. The molecule has 1 aromatic heterocycles. The Bertz CT molecular complexity index is 648. The molecule has 0 radical (unpaired) electrons. The van der Waals surface area contributed by atoms with Crippen molar-refractivity contribution in [3.8, 4) is 0 Å². The first-order valence-electron chi connectivity index (χ1n) is 7.79. The maximum atomic E-state index is 6.01. The second-order valence-electron chi connectivity index (χ2n) is 5.91. The Morgan fingerprint density at radius 3 is 2.59 bits per heavy atom. The van der Waals surface area contributed by atoms with Crippen molar-refractivity contribution in [1.29, 1.82) is 0 Å². The van der Waals surface area contributed by atoms with Gasteiger partial charge in [-0.05, 0) is 57.5 Å². The van der Waals surface area contributed by atoms with Gasteiger partial charge in [0.15, 0.2) is 0 Å². The van der Waals surface area contributed by atoms with Crippen molar-refractivity contribution in [3.63, 3.8) is 0 Å². The van der Waals surface area contributed by atoms with Crippen LogP contribution in [0.25, 0.3) is 17.0 Å². The van der Waals surface area contributed by atoms with Crippen LogP contribution in [-0.4, -0.2) is 29.0 Å². The molecular weight excluding hydrogens is 315 g/mol. The lowest BCUT2D eigenvalue weighted by molar-refractivity contribution is 0.248. The first kappa shape index (κ1) is 17.4.